The number of esters is 1. The second-order valence-electron chi connectivity index (χ2n) is 8.77. The molecular weight excluding hydrogens is 510 g/mol. The van der Waals surface area contributed by atoms with Gasteiger partial charge in [-0.15, -0.1) is 0 Å². The van der Waals surface area contributed by atoms with Crippen LogP contribution in [-0.2, 0) is 4.74 Å². The van der Waals surface area contributed by atoms with Crippen molar-refractivity contribution >= 4 is 23.6 Å². The molecule has 3 aromatic carbocycles. The van der Waals surface area contributed by atoms with Crippen LogP contribution in [0.1, 0.15) is 47.0 Å². The van der Waals surface area contributed by atoms with Gasteiger partial charge in [0, 0.05) is 24.2 Å². The second kappa shape index (κ2) is 11.1. The van der Waals surface area contributed by atoms with Crippen molar-refractivity contribution in [2.45, 2.75) is 12.1 Å². The van der Waals surface area contributed by atoms with Crippen molar-refractivity contribution in [3.05, 3.63) is 82.4 Å². The van der Waals surface area contributed by atoms with Gasteiger partial charge in [0.05, 0.1) is 30.3 Å². The third-order valence-corrected chi connectivity index (χ3v) is 6.24. The van der Waals surface area contributed by atoms with Gasteiger partial charge in [-0.2, -0.15) is 0 Å². The van der Waals surface area contributed by atoms with E-state index in [0.717, 1.165) is 25.3 Å². The lowest BCUT2D eigenvalue weighted by Gasteiger charge is -2.21. The summed E-state index contributed by atoms with van der Waals surface area (Å²) in [5, 5.41) is 49.3. The Morgan fingerprint density at radius 1 is 0.769 bits per heavy atom. The number of hydrogen-bond donors (Lipinski definition) is 7. The van der Waals surface area contributed by atoms with Gasteiger partial charge in [0.15, 0.2) is 0 Å². The van der Waals surface area contributed by atoms with Crippen molar-refractivity contribution < 1.29 is 44.3 Å². The lowest BCUT2D eigenvalue weighted by atomic mass is 9.95. The monoisotopic (exact) mass is 535 g/mol. The summed E-state index contributed by atoms with van der Waals surface area (Å²) in [7, 11) is 1.09. The van der Waals surface area contributed by atoms with Crippen molar-refractivity contribution in [3.63, 3.8) is 0 Å². The van der Waals surface area contributed by atoms with Crippen LogP contribution in [0, 0.1) is 0 Å². The number of aromatic hydroxyl groups is 4. The van der Waals surface area contributed by atoms with Crippen LogP contribution in [0.25, 0.3) is 0 Å². The van der Waals surface area contributed by atoms with Crippen LogP contribution in [0.4, 0.5) is 0 Å². The molecule has 1 heterocycles. The van der Waals surface area contributed by atoms with Crippen molar-refractivity contribution in [1.29, 1.82) is 0 Å². The number of ether oxygens (including phenoxy) is 1. The number of phenolic OH excluding ortho intramolecular Hbond substituents is 4. The van der Waals surface area contributed by atoms with Crippen LogP contribution >= 0.6 is 0 Å². The maximum atomic E-state index is 13.1. The van der Waals surface area contributed by atoms with Gasteiger partial charge < -0.3 is 41.1 Å². The van der Waals surface area contributed by atoms with Gasteiger partial charge in [-0.3, -0.25) is 14.4 Å². The lowest BCUT2D eigenvalue weighted by molar-refractivity contribution is 0.0596. The van der Waals surface area contributed by atoms with E-state index in [1.165, 1.54) is 36.4 Å². The number of ketones is 1. The van der Waals surface area contributed by atoms with Gasteiger partial charge in [-0.25, -0.2) is 4.79 Å². The van der Waals surface area contributed by atoms with Crippen LogP contribution < -0.4 is 16.0 Å². The molecule has 0 spiro atoms. The Morgan fingerprint density at radius 2 is 1.33 bits per heavy atom. The van der Waals surface area contributed by atoms with Crippen LogP contribution in [0.2, 0.25) is 0 Å². The predicted octanol–water partition coefficient (Wildman–Crippen LogP) is 1.03. The maximum Gasteiger partial charge on any atom is 0.338 e. The van der Waals surface area contributed by atoms with Crippen LogP contribution in [-0.4, -0.2) is 76.3 Å². The topological polar surface area (TPSA) is 195 Å². The quantitative estimate of drug-likeness (QED) is 0.170. The van der Waals surface area contributed by atoms with E-state index in [0.29, 0.717) is 18.7 Å². The molecule has 1 saturated heterocycles. The summed E-state index contributed by atoms with van der Waals surface area (Å²) in [5.41, 5.74) is -1.25. The van der Waals surface area contributed by atoms with Gasteiger partial charge in [0.25, 0.3) is 11.8 Å². The molecule has 2 atom stereocenters. The fourth-order valence-electron chi connectivity index (χ4n) is 4.26. The number of carbonyl (C=O) groups is 4. The molecule has 3 aromatic rings. The zero-order valence-electron chi connectivity index (χ0n) is 20.6. The van der Waals surface area contributed by atoms with Gasteiger partial charge in [-0.05, 0) is 48.5 Å². The number of nitrogens with one attached hydrogen (secondary N) is 3. The average Bonchev–Trinajstić information content (AvgIpc) is 3.33. The molecule has 0 radical (unpaired) electrons. The third kappa shape index (κ3) is 5.60. The fourth-order valence-corrected chi connectivity index (χ4v) is 4.26. The summed E-state index contributed by atoms with van der Waals surface area (Å²) in [6.45, 7) is 0.687. The lowest BCUT2D eigenvalue weighted by Crippen LogP contribution is -2.51. The van der Waals surface area contributed by atoms with Crippen molar-refractivity contribution in [3.8, 4) is 23.0 Å². The van der Waals surface area contributed by atoms with E-state index >= 15 is 0 Å². The first-order valence-corrected chi connectivity index (χ1v) is 11.7. The highest BCUT2D eigenvalue weighted by Gasteiger charge is 2.32. The maximum absolute atomic E-state index is 13.1. The second-order valence-corrected chi connectivity index (χ2v) is 8.77. The highest BCUT2D eigenvalue weighted by atomic mass is 16.5. The number of methoxy groups -OCH3 is 1. The van der Waals surface area contributed by atoms with E-state index < -0.39 is 64.0 Å². The smallest absolute Gasteiger partial charge is 0.338 e. The molecule has 39 heavy (non-hydrogen) atoms. The van der Waals surface area contributed by atoms with Crippen molar-refractivity contribution in [2.75, 3.05) is 20.2 Å². The van der Waals surface area contributed by atoms with E-state index in [2.05, 4.69) is 20.7 Å². The van der Waals surface area contributed by atoms with Gasteiger partial charge in [-0.1, -0.05) is 6.07 Å². The average molecular weight is 536 g/mol. The molecule has 0 bridgehead atoms. The van der Waals surface area contributed by atoms with E-state index in [-0.39, 0.29) is 16.9 Å². The van der Waals surface area contributed by atoms with E-state index in [4.69, 9.17) is 0 Å². The minimum Gasteiger partial charge on any atom is -0.508 e. The summed E-state index contributed by atoms with van der Waals surface area (Å²) >= 11 is 0. The molecule has 2 amide bonds. The molecule has 1 aliphatic heterocycles. The van der Waals surface area contributed by atoms with Gasteiger partial charge in [0.1, 0.15) is 28.6 Å². The summed E-state index contributed by atoms with van der Waals surface area (Å²) < 4.78 is 4.63. The number of benzene rings is 3. The molecule has 4 rings (SSSR count). The first kappa shape index (κ1) is 26.9. The predicted molar refractivity (Wildman–Crippen MR) is 136 cm³/mol. The number of carbonyl (C=O) groups excluding carboxylic acids is 4. The minimum atomic E-state index is -1.06. The Bertz CT molecular complexity index is 1430. The largest absolute Gasteiger partial charge is 0.508 e. The highest BCUT2D eigenvalue weighted by molar-refractivity contribution is 6.18. The van der Waals surface area contributed by atoms with E-state index in [9.17, 15) is 39.6 Å². The molecule has 202 valence electrons. The molecule has 12 heteroatoms. The highest BCUT2D eigenvalue weighted by Crippen LogP contribution is 2.34. The molecule has 1 aliphatic rings. The zero-order chi connectivity index (χ0) is 28.3. The fraction of sp³-hybridized carbons (Fsp3) is 0.185. The standard InChI is InChI=1S/C27H25N3O9/c1-39-27(38)16-3-2-4-19(32)22(16)24(35)23-20(33)9-14(10-21(23)34)26(37)30-18-12-28-11-17(18)29-25(36)13-5-7-15(31)8-6-13/h2-10,17-18,28,31-34H,11-12H2,1H3,(H,29,36)(H,30,37)/t17-,18-/m1/s1. The molecule has 12 nitrogen and oxygen atoms in total. The Hall–Kier alpha value is -5.10. The molecule has 1 fully saturated rings. The normalized spacial score (nSPS) is 16.3. The number of amides is 2. The van der Waals surface area contributed by atoms with Crippen molar-refractivity contribution in [1.82, 2.24) is 16.0 Å². The summed E-state index contributed by atoms with van der Waals surface area (Å²) in [5.74, 6) is -5.15. The van der Waals surface area contributed by atoms with Gasteiger partial charge >= 0.3 is 5.97 Å². The van der Waals surface area contributed by atoms with Gasteiger partial charge in [0.2, 0.25) is 5.78 Å². The SMILES string of the molecule is COC(=O)c1cccc(O)c1C(=O)c1c(O)cc(C(=O)N[C@@H]2CNC[C@H]2NC(=O)c2ccc(O)cc2)cc1O. The number of hydrogen-bond acceptors (Lipinski definition) is 10. The molecule has 0 aliphatic carbocycles. The number of phenols is 4. The van der Waals surface area contributed by atoms with Crippen LogP contribution in [0.5, 0.6) is 23.0 Å². The Balaban J connectivity index is 1.52. The molecule has 0 aromatic heterocycles. The summed E-state index contributed by atoms with van der Waals surface area (Å²) in [6, 6.07) is 10.3. The molecule has 0 unspecified atom stereocenters. The van der Waals surface area contributed by atoms with E-state index in [1.807, 2.05) is 0 Å². The first-order chi connectivity index (χ1) is 18.6. The molecule has 0 saturated carbocycles. The van der Waals surface area contributed by atoms with E-state index in [1.54, 1.807) is 0 Å². The Morgan fingerprint density at radius 3 is 1.90 bits per heavy atom. The minimum absolute atomic E-state index is 0.0166. The first-order valence-electron chi connectivity index (χ1n) is 11.7. The number of rotatable bonds is 7. The summed E-state index contributed by atoms with van der Waals surface area (Å²) in [4.78, 5) is 50.7. The summed E-state index contributed by atoms with van der Waals surface area (Å²) in [6.07, 6.45) is 0. The van der Waals surface area contributed by atoms with Crippen LogP contribution in [0.15, 0.2) is 54.6 Å². The molecule has 7 N–H and O–H groups in total. The molecular formula is C27H25N3O9. The Labute approximate surface area is 221 Å². The zero-order valence-corrected chi connectivity index (χ0v) is 20.6. The van der Waals surface area contributed by atoms with Crippen molar-refractivity contribution in [2.24, 2.45) is 0 Å². The third-order valence-electron chi connectivity index (χ3n) is 6.24. The van der Waals surface area contributed by atoms with Crippen LogP contribution in [0.3, 0.4) is 0 Å². The Kier molecular flexibility index (Phi) is 7.68.